The number of hydrogen-bond acceptors (Lipinski definition) is 4. The number of nitrogens with zero attached hydrogens (tertiary/aromatic N) is 1. The Morgan fingerprint density at radius 2 is 1.61 bits per heavy atom. The van der Waals surface area contributed by atoms with Crippen LogP contribution in [-0.4, -0.2) is 36.3 Å². The van der Waals surface area contributed by atoms with Crippen LogP contribution >= 0.6 is 0 Å². The number of hydrogen-bond donors (Lipinski definition) is 1. The van der Waals surface area contributed by atoms with E-state index in [1.165, 1.54) is 0 Å². The second kappa shape index (κ2) is 10.2. The molecule has 1 heterocycles. The monoisotopic (exact) mass is 445 g/mol. The molecule has 0 radical (unpaired) electrons. The minimum absolute atomic E-state index is 0.0319. The van der Waals surface area contributed by atoms with Crippen molar-refractivity contribution in [1.29, 1.82) is 0 Å². The summed E-state index contributed by atoms with van der Waals surface area (Å²) in [4.78, 5) is 14.2. The quantitative estimate of drug-likeness (QED) is 0.530. The van der Waals surface area contributed by atoms with Crippen LogP contribution in [0.1, 0.15) is 42.6 Å². The standard InChI is InChI=1S/C28H31NO4/c1-21(32-2)23-12-14-24(15-13-23)25-10-6-7-11-26(25)28(31)16-18-29(19-17-28)27(30)33-20-22-8-4-3-5-9-22/h3-15,21,31H,16-20H2,1-2H3/t21-/m1/s1. The molecule has 1 amide bonds. The first kappa shape index (κ1) is 23.0. The van der Waals surface area contributed by atoms with Crippen LogP contribution in [0, 0.1) is 0 Å². The summed E-state index contributed by atoms with van der Waals surface area (Å²) in [5.41, 5.74) is 4.03. The molecule has 5 nitrogen and oxygen atoms in total. The summed E-state index contributed by atoms with van der Waals surface area (Å²) < 4.78 is 10.9. The summed E-state index contributed by atoms with van der Waals surface area (Å²) in [5.74, 6) is 0. The topological polar surface area (TPSA) is 59.0 Å². The fourth-order valence-electron chi connectivity index (χ4n) is 4.35. The highest BCUT2D eigenvalue weighted by atomic mass is 16.6. The molecule has 0 aliphatic carbocycles. The summed E-state index contributed by atoms with van der Waals surface area (Å²) in [6.45, 7) is 3.16. The second-order valence-corrected chi connectivity index (χ2v) is 8.60. The first-order chi connectivity index (χ1) is 16.0. The van der Waals surface area contributed by atoms with Gasteiger partial charge in [0.15, 0.2) is 0 Å². The summed E-state index contributed by atoms with van der Waals surface area (Å²) in [5, 5.41) is 11.6. The van der Waals surface area contributed by atoms with Crippen molar-refractivity contribution in [2.45, 2.75) is 38.1 Å². The fourth-order valence-corrected chi connectivity index (χ4v) is 4.35. The molecule has 5 heteroatoms. The van der Waals surface area contributed by atoms with Gasteiger partial charge in [-0.05, 0) is 47.6 Å². The molecule has 33 heavy (non-hydrogen) atoms. The summed E-state index contributed by atoms with van der Waals surface area (Å²) in [6, 6.07) is 25.9. The molecular weight excluding hydrogens is 414 g/mol. The molecule has 3 aromatic rings. The molecule has 4 rings (SSSR count). The maximum Gasteiger partial charge on any atom is 0.410 e. The van der Waals surface area contributed by atoms with Crippen molar-refractivity contribution in [3.63, 3.8) is 0 Å². The van der Waals surface area contributed by atoms with Gasteiger partial charge in [0.05, 0.1) is 11.7 Å². The SMILES string of the molecule is CO[C@H](C)c1ccc(-c2ccccc2C2(O)CCN(C(=O)OCc3ccccc3)CC2)cc1. The molecule has 0 bridgehead atoms. The van der Waals surface area contributed by atoms with E-state index >= 15 is 0 Å². The Balaban J connectivity index is 1.44. The predicted molar refractivity (Wildman–Crippen MR) is 129 cm³/mol. The summed E-state index contributed by atoms with van der Waals surface area (Å²) >= 11 is 0. The van der Waals surface area contributed by atoms with Gasteiger partial charge >= 0.3 is 6.09 Å². The Hall–Kier alpha value is -3.15. The predicted octanol–water partition coefficient (Wildman–Crippen LogP) is 5.68. The third-order valence-corrected chi connectivity index (χ3v) is 6.53. The van der Waals surface area contributed by atoms with Gasteiger partial charge in [0.1, 0.15) is 6.61 Å². The Kier molecular flexibility index (Phi) is 7.11. The number of benzene rings is 3. The van der Waals surface area contributed by atoms with Gasteiger partial charge in [-0.25, -0.2) is 4.79 Å². The molecule has 0 saturated carbocycles. The van der Waals surface area contributed by atoms with Gasteiger partial charge in [0.2, 0.25) is 0 Å². The lowest BCUT2D eigenvalue weighted by atomic mass is 9.80. The van der Waals surface area contributed by atoms with E-state index in [0.717, 1.165) is 27.8 Å². The maximum absolute atomic E-state index is 12.5. The normalized spacial score (nSPS) is 16.3. The highest BCUT2D eigenvalue weighted by molar-refractivity contribution is 5.70. The number of aliphatic hydroxyl groups is 1. The van der Waals surface area contributed by atoms with E-state index < -0.39 is 5.60 Å². The Morgan fingerprint density at radius 1 is 0.970 bits per heavy atom. The molecule has 0 aromatic heterocycles. The Morgan fingerprint density at radius 3 is 2.27 bits per heavy atom. The van der Waals surface area contributed by atoms with Crippen LogP contribution in [0.25, 0.3) is 11.1 Å². The molecule has 0 spiro atoms. The highest BCUT2D eigenvalue weighted by Gasteiger charge is 2.37. The lowest BCUT2D eigenvalue weighted by Gasteiger charge is -2.39. The molecule has 1 fully saturated rings. The molecule has 1 atom stereocenters. The third-order valence-electron chi connectivity index (χ3n) is 6.53. The number of methoxy groups -OCH3 is 1. The Labute approximate surface area is 195 Å². The number of rotatable bonds is 6. The minimum atomic E-state index is -0.995. The van der Waals surface area contributed by atoms with E-state index in [-0.39, 0.29) is 18.8 Å². The van der Waals surface area contributed by atoms with Crippen LogP contribution in [-0.2, 0) is 21.7 Å². The van der Waals surface area contributed by atoms with Gasteiger partial charge < -0.3 is 19.5 Å². The van der Waals surface area contributed by atoms with Crippen molar-refractivity contribution in [1.82, 2.24) is 4.90 Å². The van der Waals surface area contributed by atoms with Gasteiger partial charge in [0.25, 0.3) is 0 Å². The first-order valence-corrected chi connectivity index (χ1v) is 11.4. The van der Waals surface area contributed by atoms with Crippen molar-refractivity contribution in [2.24, 2.45) is 0 Å². The van der Waals surface area contributed by atoms with E-state index in [4.69, 9.17) is 9.47 Å². The molecule has 3 aromatic carbocycles. The van der Waals surface area contributed by atoms with Gasteiger partial charge in [0, 0.05) is 20.2 Å². The molecule has 172 valence electrons. The number of amides is 1. The van der Waals surface area contributed by atoms with Crippen molar-refractivity contribution in [3.05, 3.63) is 95.6 Å². The van der Waals surface area contributed by atoms with Crippen molar-refractivity contribution >= 4 is 6.09 Å². The van der Waals surface area contributed by atoms with Crippen LogP contribution in [0.5, 0.6) is 0 Å². The van der Waals surface area contributed by atoms with Crippen LogP contribution in [0.3, 0.4) is 0 Å². The van der Waals surface area contributed by atoms with Gasteiger partial charge in [-0.1, -0.05) is 78.9 Å². The molecule has 1 saturated heterocycles. The van der Waals surface area contributed by atoms with E-state index in [0.29, 0.717) is 25.9 Å². The molecular formula is C28H31NO4. The van der Waals surface area contributed by atoms with Gasteiger partial charge in [-0.2, -0.15) is 0 Å². The zero-order valence-electron chi connectivity index (χ0n) is 19.2. The minimum Gasteiger partial charge on any atom is -0.445 e. The zero-order valence-corrected chi connectivity index (χ0v) is 19.2. The number of ether oxygens (including phenoxy) is 2. The largest absolute Gasteiger partial charge is 0.445 e. The number of piperidine rings is 1. The van der Waals surface area contributed by atoms with Gasteiger partial charge in [-0.3, -0.25) is 0 Å². The van der Waals surface area contributed by atoms with Crippen molar-refractivity contribution in [2.75, 3.05) is 20.2 Å². The van der Waals surface area contributed by atoms with Crippen LogP contribution in [0.15, 0.2) is 78.9 Å². The summed E-state index contributed by atoms with van der Waals surface area (Å²) in [7, 11) is 1.70. The zero-order chi connectivity index (χ0) is 23.3. The van der Waals surface area contributed by atoms with E-state index in [2.05, 4.69) is 24.3 Å². The molecule has 1 N–H and O–H groups in total. The van der Waals surface area contributed by atoms with E-state index in [1.54, 1.807) is 12.0 Å². The van der Waals surface area contributed by atoms with E-state index in [1.807, 2.05) is 61.5 Å². The molecule has 0 unspecified atom stereocenters. The summed E-state index contributed by atoms with van der Waals surface area (Å²) in [6.07, 6.45) is 0.619. The molecule has 1 aliphatic rings. The average Bonchev–Trinajstić information content (AvgIpc) is 2.88. The third kappa shape index (κ3) is 5.27. The number of carbonyl (C=O) groups excluding carboxylic acids is 1. The van der Waals surface area contributed by atoms with Crippen LogP contribution < -0.4 is 0 Å². The van der Waals surface area contributed by atoms with Crippen LogP contribution in [0.4, 0.5) is 4.79 Å². The first-order valence-electron chi connectivity index (χ1n) is 11.4. The lowest BCUT2D eigenvalue weighted by Crippen LogP contribution is -2.45. The lowest BCUT2D eigenvalue weighted by molar-refractivity contribution is -0.0250. The maximum atomic E-state index is 12.5. The van der Waals surface area contributed by atoms with Crippen molar-refractivity contribution in [3.8, 4) is 11.1 Å². The number of carbonyl (C=O) groups is 1. The number of likely N-dealkylation sites (tertiary alicyclic amines) is 1. The van der Waals surface area contributed by atoms with E-state index in [9.17, 15) is 9.90 Å². The van der Waals surface area contributed by atoms with Gasteiger partial charge in [-0.15, -0.1) is 0 Å². The van der Waals surface area contributed by atoms with Crippen molar-refractivity contribution < 1.29 is 19.4 Å². The Bertz CT molecular complexity index is 1060. The van der Waals surface area contributed by atoms with Crippen LogP contribution in [0.2, 0.25) is 0 Å². The molecule has 1 aliphatic heterocycles. The highest BCUT2D eigenvalue weighted by Crippen LogP contribution is 2.39. The fraction of sp³-hybridized carbons (Fsp3) is 0.321. The average molecular weight is 446 g/mol. The smallest absolute Gasteiger partial charge is 0.410 e. The second-order valence-electron chi connectivity index (χ2n) is 8.60.